The molecule has 1 amide bonds. The van der Waals surface area contributed by atoms with Crippen molar-refractivity contribution in [1.82, 2.24) is 19.9 Å². The summed E-state index contributed by atoms with van der Waals surface area (Å²) in [5.41, 5.74) is 4.59. The van der Waals surface area contributed by atoms with Gasteiger partial charge in [0.15, 0.2) is 5.15 Å². The standard InChI is InChI=1S/C34H39ClN4O2/c1-2-3-16-30-37-33(35)29(23-40)39(30)22-24-17-19-26(20-18-24)31(25-11-7-8-12-25)34(41)38-32(27-13-5-4-6-14-27)28-15-9-10-21-36-28/h4-6,9-10,13-15,17-21,25,31-32,40H,2-3,7-8,11-12,16,22-23H2,1H3,(H,38,41). The Balaban J connectivity index is 1.40. The van der Waals surface area contributed by atoms with Gasteiger partial charge in [0.05, 0.1) is 30.0 Å². The van der Waals surface area contributed by atoms with Gasteiger partial charge in [0.25, 0.3) is 0 Å². The molecule has 0 bridgehead atoms. The van der Waals surface area contributed by atoms with E-state index in [0.29, 0.717) is 23.3 Å². The number of aliphatic hydroxyl groups excluding tert-OH is 1. The van der Waals surface area contributed by atoms with Crippen molar-refractivity contribution in [3.63, 3.8) is 0 Å². The number of pyridine rings is 1. The van der Waals surface area contributed by atoms with Gasteiger partial charge in [0.1, 0.15) is 5.82 Å². The molecule has 1 fully saturated rings. The lowest BCUT2D eigenvalue weighted by atomic mass is 9.83. The van der Waals surface area contributed by atoms with E-state index in [0.717, 1.165) is 73.2 Å². The summed E-state index contributed by atoms with van der Waals surface area (Å²) in [7, 11) is 0. The van der Waals surface area contributed by atoms with E-state index in [1.165, 1.54) is 0 Å². The van der Waals surface area contributed by atoms with Crippen molar-refractivity contribution in [1.29, 1.82) is 0 Å². The first-order valence-corrected chi connectivity index (χ1v) is 15.2. The minimum atomic E-state index is -0.322. The first kappa shape index (κ1) is 29.0. The van der Waals surface area contributed by atoms with Crippen LogP contribution in [0.3, 0.4) is 0 Å². The van der Waals surface area contributed by atoms with Gasteiger partial charge in [-0.25, -0.2) is 4.98 Å². The van der Waals surface area contributed by atoms with Gasteiger partial charge in [-0.3, -0.25) is 9.78 Å². The van der Waals surface area contributed by atoms with Crippen molar-refractivity contribution in [3.8, 4) is 0 Å². The molecule has 6 nitrogen and oxygen atoms in total. The van der Waals surface area contributed by atoms with Crippen molar-refractivity contribution in [2.75, 3.05) is 0 Å². The Kier molecular flexibility index (Phi) is 9.86. The quantitative estimate of drug-likeness (QED) is 0.192. The molecule has 41 heavy (non-hydrogen) atoms. The minimum Gasteiger partial charge on any atom is -0.390 e. The first-order valence-electron chi connectivity index (χ1n) is 14.8. The number of rotatable bonds is 12. The van der Waals surface area contributed by atoms with Gasteiger partial charge in [0.2, 0.25) is 5.91 Å². The molecule has 1 saturated carbocycles. The highest BCUT2D eigenvalue weighted by molar-refractivity contribution is 6.30. The lowest BCUT2D eigenvalue weighted by Crippen LogP contribution is -2.36. The lowest BCUT2D eigenvalue weighted by molar-refractivity contribution is -0.124. The van der Waals surface area contributed by atoms with E-state index in [1.54, 1.807) is 6.20 Å². The fourth-order valence-electron chi connectivity index (χ4n) is 6.06. The number of hydrogen-bond acceptors (Lipinski definition) is 4. The third kappa shape index (κ3) is 6.88. The molecule has 0 saturated heterocycles. The molecule has 0 radical (unpaired) electrons. The smallest absolute Gasteiger partial charge is 0.228 e. The second kappa shape index (κ2) is 13.9. The molecule has 5 rings (SSSR count). The number of amides is 1. The monoisotopic (exact) mass is 570 g/mol. The summed E-state index contributed by atoms with van der Waals surface area (Å²) < 4.78 is 2.03. The lowest BCUT2D eigenvalue weighted by Gasteiger charge is -2.27. The van der Waals surface area contributed by atoms with Gasteiger partial charge in [-0.2, -0.15) is 0 Å². The van der Waals surface area contributed by atoms with Gasteiger partial charge in [0, 0.05) is 19.2 Å². The predicted octanol–water partition coefficient (Wildman–Crippen LogP) is 6.99. The first-order chi connectivity index (χ1) is 20.1. The van der Waals surface area contributed by atoms with Crippen molar-refractivity contribution < 1.29 is 9.90 Å². The van der Waals surface area contributed by atoms with Crippen LogP contribution in [-0.4, -0.2) is 25.5 Å². The summed E-state index contributed by atoms with van der Waals surface area (Å²) >= 11 is 6.36. The zero-order chi connectivity index (χ0) is 28.6. The number of aromatic nitrogens is 3. The molecule has 1 aliphatic rings. The predicted molar refractivity (Wildman–Crippen MR) is 163 cm³/mol. The van der Waals surface area contributed by atoms with E-state index in [2.05, 4.69) is 46.5 Å². The summed E-state index contributed by atoms with van der Waals surface area (Å²) in [6, 6.07) is 23.9. The number of aryl methyl sites for hydroxylation is 1. The average Bonchev–Trinajstić information content (AvgIpc) is 3.64. The largest absolute Gasteiger partial charge is 0.390 e. The molecule has 2 heterocycles. The molecule has 1 aliphatic carbocycles. The van der Waals surface area contributed by atoms with Crippen LogP contribution in [0.15, 0.2) is 79.0 Å². The number of benzene rings is 2. The van der Waals surface area contributed by atoms with Crippen LogP contribution in [0.4, 0.5) is 0 Å². The second-order valence-corrected chi connectivity index (χ2v) is 11.3. The van der Waals surface area contributed by atoms with Gasteiger partial charge < -0.3 is 15.0 Å². The normalized spacial score (nSPS) is 15.1. The van der Waals surface area contributed by atoms with E-state index < -0.39 is 0 Å². The fourth-order valence-corrected chi connectivity index (χ4v) is 6.32. The van der Waals surface area contributed by atoms with Crippen molar-refractivity contribution >= 4 is 17.5 Å². The van der Waals surface area contributed by atoms with Crippen molar-refractivity contribution in [2.24, 2.45) is 5.92 Å². The van der Waals surface area contributed by atoms with Crippen LogP contribution < -0.4 is 5.32 Å². The van der Waals surface area contributed by atoms with E-state index in [1.807, 2.05) is 53.1 Å². The van der Waals surface area contributed by atoms with Crippen LogP contribution in [0.5, 0.6) is 0 Å². The van der Waals surface area contributed by atoms with Crippen LogP contribution in [-0.2, 0) is 24.4 Å². The molecule has 214 valence electrons. The number of hydrogen-bond donors (Lipinski definition) is 2. The van der Waals surface area contributed by atoms with Crippen LogP contribution in [0.1, 0.15) is 91.3 Å². The molecule has 2 atom stereocenters. The summed E-state index contributed by atoms with van der Waals surface area (Å²) in [5, 5.41) is 13.7. The third-order valence-corrected chi connectivity index (χ3v) is 8.55. The van der Waals surface area contributed by atoms with Crippen molar-refractivity contribution in [3.05, 3.63) is 118 Å². The summed E-state index contributed by atoms with van der Waals surface area (Å²) in [5.74, 6) is 0.997. The number of halogens is 1. The Bertz CT molecular complexity index is 1360. The molecule has 4 aromatic rings. The fraction of sp³-hybridized carbons (Fsp3) is 0.382. The average molecular weight is 571 g/mol. The number of imidazole rings is 1. The number of aliphatic hydroxyl groups is 1. The zero-order valence-electron chi connectivity index (χ0n) is 23.7. The maximum atomic E-state index is 14.1. The Morgan fingerprint density at radius 3 is 2.41 bits per heavy atom. The maximum Gasteiger partial charge on any atom is 0.228 e. The molecular weight excluding hydrogens is 532 g/mol. The van der Waals surface area contributed by atoms with Gasteiger partial charge in [-0.1, -0.05) is 98.5 Å². The minimum absolute atomic E-state index is 0.0370. The molecule has 2 N–H and O–H groups in total. The Morgan fingerprint density at radius 1 is 1.02 bits per heavy atom. The van der Waals surface area contributed by atoms with Crippen molar-refractivity contribution in [2.45, 2.75) is 77.0 Å². The highest BCUT2D eigenvalue weighted by atomic mass is 35.5. The number of nitrogens with one attached hydrogen (secondary N) is 1. The molecule has 0 aliphatic heterocycles. The van der Waals surface area contributed by atoms with Crippen LogP contribution in [0, 0.1) is 5.92 Å². The Morgan fingerprint density at radius 2 is 1.76 bits per heavy atom. The number of carbonyl (C=O) groups excluding carboxylic acids is 1. The Hall–Kier alpha value is -3.48. The third-order valence-electron chi connectivity index (χ3n) is 8.24. The summed E-state index contributed by atoms with van der Waals surface area (Å²) in [6.07, 6.45) is 9.06. The SMILES string of the molecule is CCCCc1nc(Cl)c(CO)n1Cc1ccc(C(C(=O)NC(c2ccccc2)c2ccccn2)C2CCCC2)cc1. The van der Waals surface area contributed by atoms with E-state index in [4.69, 9.17) is 11.6 Å². The summed E-state index contributed by atoms with van der Waals surface area (Å²) in [6.45, 7) is 2.57. The molecule has 0 spiro atoms. The number of carbonyl (C=O) groups is 1. The van der Waals surface area contributed by atoms with Crippen LogP contribution in [0.25, 0.3) is 0 Å². The van der Waals surface area contributed by atoms with Gasteiger partial charge in [-0.15, -0.1) is 0 Å². The van der Waals surface area contributed by atoms with E-state index in [-0.39, 0.29) is 24.5 Å². The van der Waals surface area contributed by atoms with Gasteiger partial charge in [-0.05, 0) is 54.0 Å². The highest BCUT2D eigenvalue weighted by Gasteiger charge is 2.33. The van der Waals surface area contributed by atoms with Crippen LogP contribution in [0.2, 0.25) is 5.15 Å². The van der Waals surface area contributed by atoms with E-state index >= 15 is 0 Å². The summed E-state index contributed by atoms with van der Waals surface area (Å²) in [4.78, 5) is 23.2. The molecule has 2 aromatic heterocycles. The maximum absolute atomic E-state index is 14.1. The molecule has 2 unspecified atom stereocenters. The van der Waals surface area contributed by atoms with E-state index in [9.17, 15) is 9.90 Å². The molecule has 2 aromatic carbocycles. The number of nitrogens with zero attached hydrogens (tertiary/aromatic N) is 3. The second-order valence-electron chi connectivity index (χ2n) is 11.0. The van der Waals surface area contributed by atoms with Gasteiger partial charge >= 0.3 is 0 Å². The topological polar surface area (TPSA) is 80.0 Å². The van der Waals surface area contributed by atoms with Crippen LogP contribution >= 0.6 is 11.6 Å². The molecule has 7 heteroatoms. The Labute approximate surface area is 247 Å². The number of unbranched alkanes of at least 4 members (excludes halogenated alkanes) is 1. The molecular formula is C34H39ClN4O2. The zero-order valence-corrected chi connectivity index (χ0v) is 24.4. The highest BCUT2D eigenvalue weighted by Crippen LogP contribution is 2.38.